The van der Waals surface area contributed by atoms with E-state index in [0.717, 1.165) is 37.9 Å². The van der Waals surface area contributed by atoms with Gasteiger partial charge in [0.2, 0.25) is 0 Å². The average Bonchev–Trinajstić information content (AvgIpc) is 3.95. The minimum atomic E-state index is -4.54. The molecular formula is C40H52F3N9O4. The maximum Gasteiger partial charge on any atom is 0.418 e. The first-order valence-electron chi connectivity index (χ1n) is 19.6. The second kappa shape index (κ2) is 17.0. The molecule has 1 N–H and O–H groups in total. The number of aromatic nitrogens is 6. The van der Waals surface area contributed by atoms with Crippen molar-refractivity contribution in [2.45, 2.75) is 76.4 Å². The van der Waals surface area contributed by atoms with Crippen LogP contribution in [0, 0.1) is 5.41 Å². The fourth-order valence-corrected chi connectivity index (χ4v) is 8.43. The first-order chi connectivity index (χ1) is 27.0. The fourth-order valence-electron chi connectivity index (χ4n) is 8.43. The molecule has 5 heterocycles. The first-order valence-corrected chi connectivity index (χ1v) is 19.6. The summed E-state index contributed by atoms with van der Waals surface area (Å²) in [5, 5.41) is 0. The van der Waals surface area contributed by atoms with Crippen molar-refractivity contribution in [3.05, 3.63) is 42.0 Å². The lowest BCUT2D eigenvalue weighted by molar-refractivity contribution is -0.143. The molecule has 4 aromatic heterocycles. The molecule has 1 aliphatic heterocycles. The van der Waals surface area contributed by atoms with Gasteiger partial charge in [-0.25, -0.2) is 19.9 Å². The van der Waals surface area contributed by atoms with Crippen LogP contribution in [0.5, 0.6) is 0 Å². The molecule has 13 nitrogen and oxygen atoms in total. The zero-order chi connectivity index (χ0) is 39.5. The molecule has 0 aromatic carbocycles. The molecule has 7 rings (SSSR count). The number of imidazole rings is 1. The topological polar surface area (TPSA) is 135 Å². The second-order valence-electron chi connectivity index (χ2n) is 15.5. The second-order valence-corrected chi connectivity index (χ2v) is 15.5. The largest absolute Gasteiger partial charge is 0.466 e. The van der Waals surface area contributed by atoms with Crippen LogP contribution in [0.3, 0.4) is 0 Å². The van der Waals surface area contributed by atoms with Gasteiger partial charge in [0, 0.05) is 77.1 Å². The molecule has 1 saturated heterocycles. The Kier molecular flexibility index (Phi) is 12.1. The summed E-state index contributed by atoms with van der Waals surface area (Å²) in [4.78, 5) is 45.5. The van der Waals surface area contributed by atoms with Crippen LogP contribution in [0.2, 0.25) is 0 Å². The number of anilines is 2. The number of aromatic amines is 1. The van der Waals surface area contributed by atoms with Gasteiger partial charge in [-0.15, -0.1) is 0 Å². The van der Waals surface area contributed by atoms with Gasteiger partial charge in [0.1, 0.15) is 17.0 Å². The number of nitrogens with one attached hydrogen (secondary N) is 1. The van der Waals surface area contributed by atoms with Crippen molar-refractivity contribution >= 4 is 28.6 Å². The predicted molar refractivity (Wildman–Crippen MR) is 206 cm³/mol. The highest BCUT2D eigenvalue weighted by Gasteiger charge is 2.40. The van der Waals surface area contributed by atoms with E-state index in [9.17, 15) is 18.0 Å². The zero-order valence-electron chi connectivity index (χ0n) is 32.7. The summed E-state index contributed by atoms with van der Waals surface area (Å²) < 4.78 is 59.3. The SMILES string of the molecule is CCOC(=O)CCN1CCN(c2cnc(-c3nc4nc(-c5cnc(C6CC6)c(C(F)(F)F)c5)cc(N(C)CC5(COC)CCCCC5)c4[nH]3)cn2)C[C@H]1COC. The lowest BCUT2D eigenvalue weighted by Crippen LogP contribution is -2.55. The van der Waals surface area contributed by atoms with Crippen LogP contribution in [0.25, 0.3) is 33.9 Å². The van der Waals surface area contributed by atoms with Gasteiger partial charge in [-0.2, -0.15) is 13.2 Å². The van der Waals surface area contributed by atoms with Crippen molar-refractivity contribution in [1.29, 1.82) is 0 Å². The summed E-state index contributed by atoms with van der Waals surface area (Å²) in [5.41, 5.74) is 2.25. The van der Waals surface area contributed by atoms with Gasteiger partial charge in [-0.05, 0) is 44.7 Å². The lowest BCUT2D eigenvalue weighted by atomic mass is 9.74. The molecule has 0 radical (unpaired) electrons. The van der Waals surface area contributed by atoms with Gasteiger partial charge in [-0.3, -0.25) is 14.7 Å². The third kappa shape index (κ3) is 8.92. The van der Waals surface area contributed by atoms with Crippen molar-refractivity contribution in [3.63, 3.8) is 0 Å². The number of nitrogens with zero attached hydrogens (tertiary/aromatic N) is 8. The monoisotopic (exact) mass is 779 g/mol. The molecule has 16 heteroatoms. The number of ether oxygens (including phenoxy) is 3. The lowest BCUT2D eigenvalue weighted by Gasteiger charge is -2.41. The van der Waals surface area contributed by atoms with E-state index in [1.54, 1.807) is 33.5 Å². The molecule has 2 aliphatic carbocycles. The Labute approximate surface area is 325 Å². The number of esters is 1. The third-order valence-electron chi connectivity index (χ3n) is 11.3. The summed E-state index contributed by atoms with van der Waals surface area (Å²) in [6.45, 7) is 6.62. The number of rotatable bonds is 15. The van der Waals surface area contributed by atoms with E-state index in [-0.39, 0.29) is 34.6 Å². The molecule has 3 fully saturated rings. The van der Waals surface area contributed by atoms with Gasteiger partial charge in [0.25, 0.3) is 0 Å². The maximum atomic E-state index is 14.3. The summed E-state index contributed by atoms with van der Waals surface area (Å²) in [6, 6.07) is 3.07. The number of piperazine rings is 1. The number of halogens is 3. The Morgan fingerprint density at radius 2 is 1.80 bits per heavy atom. The van der Waals surface area contributed by atoms with Crippen molar-refractivity contribution in [3.8, 4) is 22.8 Å². The van der Waals surface area contributed by atoms with E-state index >= 15 is 0 Å². The standard InChI is InChI=1S/C40H52F3N9O4/c1-5-56-34(53)11-14-51-15-16-52(22-28(51)23-54-3)33-21-44-31(20-45-33)37-48-36-32(50(2)24-39(25-55-4)12-7-6-8-13-39)18-30(47-38(36)49-37)27-17-29(40(41,42)43)35(46-19-27)26-9-10-26/h17-21,26,28H,5-16,22-25H2,1-4H3,(H,47,48,49)/t28-/m0/s1. The normalized spacial score (nSPS) is 19.1. The number of H-pyrrole nitrogens is 1. The Morgan fingerprint density at radius 3 is 2.48 bits per heavy atom. The predicted octanol–water partition coefficient (Wildman–Crippen LogP) is 6.50. The van der Waals surface area contributed by atoms with Gasteiger partial charge in [-0.1, -0.05) is 19.3 Å². The Hall–Kier alpha value is -4.41. The van der Waals surface area contributed by atoms with E-state index in [0.29, 0.717) is 99.5 Å². The molecular weight excluding hydrogens is 727 g/mol. The number of hydrogen-bond donors (Lipinski definition) is 1. The highest BCUT2D eigenvalue weighted by molar-refractivity contribution is 5.91. The van der Waals surface area contributed by atoms with Gasteiger partial charge in [0.05, 0.1) is 67.3 Å². The minimum absolute atomic E-state index is 0.0552. The molecule has 1 atom stereocenters. The van der Waals surface area contributed by atoms with E-state index in [4.69, 9.17) is 34.1 Å². The van der Waals surface area contributed by atoms with Crippen LogP contribution in [-0.2, 0) is 25.2 Å². The summed E-state index contributed by atoms with van der Waals surface area (Å²) in [6.07, 6.45) is 7.57. The highest BCUT2D eigenvalue weighted by atomic mass is 19.4. The highest BCUT2D eigenvalue weighted by Crippen LogP contribution is 2.46. The summed E-state index contributed by atoms with van der Waals surface area (Å²) in [5.74, 6) is 0.779. The molecule has 2 saturated carbocycles. The number of pyridine rings is 2. The number of alkyl halides is 3. The van der Waals surface area contributed by atoms with Crippen LogP contribution in [0.4, 0.5) is 24.7 Å². The van der Waals surface area contributed by atoms with Crippen LogP contribution in [0.1, 0.15) is 75.5 Å². The van der Waals surface area contributed by atoms with E-state index in [1.165, 1.54) is 18.7 Å². The van der Waals surface area contributed by atoms with Gasteiger partial charge >= 0.3 is 12.1 Å². The van der Waals surface area contributed by atoms with Crippen LogP contribution in [-0.4, -0.2) is 121 Å². The molecule has 0 amide bonds. The molecule has 0 unspecified atom stereocenters. The van der Waals surface area contributed by atoms with E-state index in [1.807, 2.05) is 13.1 Å². The van der Waals surface area contributed by atoms with Crippen molar-refractivity contribution < 1.29 is 32.2 Å². The van der Waals surface area contributed by atoms with Crippen molar-refractivity contribution in [2.24, 2.45) is 5.41 Å². The first kappa shape index (κ1) is 39.8. The Balaban J connectivity index is 1.19. The number of methoxy groups -OCH3 is 2. The van der Waals surface area contributed by atoms with Crippen LogP contribution in [0.15, 0.2) is 30.7 Å². The fraction of sp³-hybridized carbons (Fsp3) is 0.600. The summed E-state index contributed by atoms with van der Waals surface area (Å²) in [7, 11) is 5.40. The van der Waals surface area contributed by atoms with Crippen molar-refractivity contribution in [2.75, 3.05) is 83.6 Å². The van der Waals surface area contributed by atoms with Gasteiger partial charge in [0.15, 0.2) is 11.5 Å². The molecule has 56 heavy (non-hydrogen) atoms. The molecule has 0 bridgehead atoms. The van der Waals surface area contributed by atoms with Crippen LogP contribution < -0.4 is 9.80 Å². The van der Waals surface area contributed by atoms with Crippen LogP contribution >= 0.6 is 0 Å². The Morgan fingerprint density at radius 1 is 1.00 bits per heavy atom. The minimum Gasteiger partial charge on any atom is -0.466 e. The number of fused-ring (bicyclic) bond motifs is 1. The quantitative estimate of drug-likeness (QED) is 0.132. The Bertz CT molecular complexity index is 1960. The van der Waals surface area contributed by atoms with Gasteiger partial charge < -0.3 is 29.0 Å². The maximum absolute atomic E-state index is 14.3. The molecule has 0 spiro atoms. The summed E-state index contributed by atoms with van der Waals surface area (Å²) >= 11 is 0. The molecule has 3 aliphatic rings. The number of carbonyl (C=O) groups excluding carboxylic acids is 1. The van der Waals surface area contributed by atoms with E-state index < -0.39 is 11.7 Å². The number of hydrogen-bond acceptors (Lipinski definition) is 12. The smallest absolute Gasteiger partial charge is 0.418 e. The zero-order valence-corrected chi connectivity index (χ0v) is 32.7. The number of carbonyl (C=O) groups is 1. The molecule has 4 aromatic rings. The van der Waals surface area contributed by atoms with Crippen molar-refractivity contribution in [1.82, 2.24) is 34.8 Å². The third-order valence-corrected chi connectivity index (χ3v) is 11.3. The molecule has 302 valence electrons. The van der Waals surface area contributed by atoms with E-state index in [2.05, 4.69) is 24.7 Å². The average molecular weight is 780 g/mol.